The van der Waals surface area contributed by atoms with Gasteiger partial charge in [-0.2, -0.15) is 0 Å². The van der Waals surface area contributed by atoms with Crippen molar-refractivity contribution in [3.05, 3.63) is 51.3 Å². The third-order valence-electron chi connectivity index (χ3n) is 7.10. The lowest BCUT2D eigenvalue weighted by molar-refractivity contribution is -0.139. The minimum absolute atomic E-state index is 0.0233. The first-order valence-electron chi connectivity index (χ1n) is 10.4. The van der Waals surface area contributed by atoms with E-state index in [1.54, 1.807) is 6.07 Å². The van der Waals surface area contributed by atoms with Gasteiger partial charge in [0.2, 0.25) is 17.0 Å². The predicted molar refractivity (Wildman–Crippen MR) is 109 cm³/mol. The van der Waals surface area contributed by atoms with Gasteiger partial charge in [-0.05, 0) is 55.4 Å². The van der Waals surface area contributed by atoms with Gasteiger partial charge in [0.1, 0.15) is 5.58 Å². The second-order valence-corrected chi connectivity index (χ2v) is 8.73. The summed E-state index contributed by atoms with van der Waals surface area (Å²) >= 11 is 0. The summed E-state index contributed by atoms with van der Waals surface area (Å²) < 4.78 is 5.94. The predicted octanol–water partition coefficient (Wildman–Crippen LogP) is 3.25. The SMILES string of the molecule is O=C(O)c1cc2c(=O)c3cc4ccc3oc2nc1C1CC(C1)C(=O)N1CCC4CC1. The maximum Gasteiger partial charge on any atom is 0.337 e. The topological polar surface area (TPSA) is 101 Å². The number of carboxylic acids is 1. The van der Waals surface area contributed by atoms with Crippen molar-refractivity contribution in [1.29, 1.82) is 0 Å². The van der Waals surface area contributed by atoms with Crippen molar-refractivity contribution >= 4 is 33.9 Å². The number of carbonyl (C=O) groups is 2. The number of carboxylic acid groups (broad SMARTS) is 1. The van der Waals surface area contributed by atoms with Crippen molar-refractivity contribution in [3.63, 3.8) is 0 Å². The van der Waals surface area contributed by atoms with Gasteiger partial charge in [-0.25, -0.2) is 9.78 Å². The van der Waals surface area contributed by atoms with Gasteiger partial charge in [0.05, 0.1) is 22.0 Å². The number of piperidine rings is 1. The van der Waals surface area contributed by atoms with Gasteiger partial charge in [0.15, 0.2) is 0 Å². The number of carbonyl (C=O) groups excluding carboxylic acids is 1. The molecule has 0 unspecified atom stereocenters. The van der Waals surface area contributed by atoms with Crippen molar-refractivity contribution in [1.82, 2.24) is 9.88 Å². The Kier molecular flexibility index (Phi) is 3.61. The molecule has 1 aromatic carbocycles. The van der Waals surface area contributed by atoms with E-state index in [0.29, 0.717) is 42.6 Å². The molecular weight excluding hydrogens is 384 g/mol. The van der Waals surface area contributed by atoms with Crippen LogP contribution in [0.25, 0.3) is 22.1 Å². The van der Waals surface area contributed by atoms with Gasteiger partial charge in [-0.15, -0.1) is 0 Å². The number of hydrogen-bond donors (Lipinski definition) is 1. The zero-order valence-electron chi connectivity index (χ0n) is 16.3. The van der Waals surface area contributed by atoms with E-state index in [2.05, 4.69) is 4.98 Å². The second-order valence-electron chi connectivity index (χ2n) is 8.73. The van der Waals surface area contributed by atoms with E-state index in [9.17, 15) is 19.5 Å². The van der Waals surface area contributed by atoms with Crippen molar-refractivity contribution in [3.8, 4) is 0 Å². The summed E-state index contributed by atoms with van der Waals surface area (Å²) in [5.74, 6) is -0.883. The van der Waals surface area contributed by atoms with Crippen LogP contribution < -0.4 is 5.43 Å². The third kappa shape index (κ3) is 2.44. The highest BCUT2D eigenvalue weighted by Crippen LogP contribution is 2.44. The Morgan fingerprint density at radius 3 is 2.53 bits per heavy atom. The van der Waals surface area contributed by atoms with Gasteiger partial charge in [-0.1, -0.05) is 6.07 Å². The van der Waals surface area contributed by atoms with E-state index < -0.39 is 5.97 Å². The van der Waals surface area contributed by atoms with Gasteiger partial charge in [0, 0.05) is 24.9 Å². The molecule has 0 spiro atoms. The van der Waals surface area contributed by atoms with Crippen LogP contribution >= 0.6 is 0 Å². The van der Waals surface area contributed by atoms with E-state index in [4.69, 9.17) is 4.42 Å². The Balaban J connectivity index is 1.64. The van der Waals surface area contributed by atoms with Crippen LogP contribution in [-0.4, -0.2) is 40.0 Å². The number of rotatable bonds is 1. The van der Waals surface area contributed by atoms with Crippen LogP contribution in [0.3, 0.4) is 0 Å². The van der Waals surface area contributed by atoms with Crippen LogP contribution in [0.4, 0.5) is 0 Å². The Morgan fingerprint density at radius 2 is 1.80 bits per heavy atom. The number of aromatic nitrogens is 1. The Bertz CT molecular complexity index is 1300. The molecule has 13 heterocycles. The lowest BCUT2D eigenvalue weighted by Crippen LogP contribution is -2.45. The molecule has 7 heteroatoms. The fourth-order valence-electron chi connectivity index (χ4n) is 5.28. The van der Waals surface area contributed by atoms with Crippen molar-refractivity contribution in [2.75, 3.05) is 13.1 Å². The van der Waals surface area contributed by atoms with E-state index in [0.717, 1.165) is 18.4 Å². The fourth-order valence-corrected chi connectivity index (χ4v) is 5.28. The van der Waals surface area contributed by atoms with Gasteiger partial charge < -0.3 is 14.4 Å². The average Bonchev–Trinajstić information content (AvgIpc) is 2.71. The van der Waals surface area contributed by atoms with Gasteiger partial charge in [0.25, 0.3) is 0 Å². The van der Waals surface area contributed by atoms with E-state index in [1.165, 1.54) is 6.07 Å². The lowest BCUT2D eigenvalue weighted by Gasteiger charge is -2.40. The Hall–Kier alpha value is -3.22. The summed E-state index contributed by atoms with van der Waals surface area (Å²) in [7, 11) is 0. The van der Waals surface area contributed by atoms with Crippen LogP contribution in [-0.2, 0) is 4.79 Å². The molecule has 3 aromatic rings. The summed E-state index contributed by atoms with van der Waals surface area (Å²) in [4.78, 5) is 44.5. The number of aromatic carboxylic acids is 1. The summed E-state index contributed by atoms with van der Waals surface area (Å²) in [6, 6.07) is 7.05. The molecule has 2 aromatic heterocycles. The molecule has 1 aliphatic carbocycles. The van der Waals surface area contributed by atoms with Crippen molar-refractivity contribution < 1.29 is 19.1 Å². The molecule has 0 atom stereocenters. The molecule has 10 bridgehead atoms. The van der Waals surface area contributed by atoms with Crippen LogP contribution in [0.15, 0.2) is 33.5 Å². The number of hydrogen-bond acceptors (Lipinski definition) is 5. The standard InChI is InChI=1S/C23H20N2O5/c26-20-15-9-12-1-2-18(15)30-21-17(20)10-16(23(28)29)19(24-21)13-7-14(8-13)22(27)25-5-3-11(12)4-6-25/h1-2,9-11,13-14H,3-8H2,(H,28,29). The highest BCUT2D eigenvalue weighted by Gasteiger charge is 2.41. The summed E-state index contributed by atoms with van der Waals surface area (Å²) in [6.07, 6.45) is 2.91. The van der Waals surface area contributed by atoms with Crippen LogP contribution in [0, 0.1) is 5.92 Å². The molecule has 1 saturated heterocycles. The molecule has 1 amide bonds. The smallest absolute Gasteiger partial charge is 0.337 e. The van der Waals surface area contributed by atoms with E-state index in [1.807, 2.05) is 17.0 Å². The number of pyridine rings is 1. The van der Waals surface area contributed by atoms with Crippen molar-refractivity contribution in [2.24, 2.45) is 5.92 Å². The largest absolute Gasteiger partial charge is 0.478 e. The number of amides is 1. The average molecular weight is 404 g/mol. The molecule has 11 aliphatic heterocycles. The molecule has 152 valence electrons. The minimum atomic E-state index is -1.12. The second kappa shape index (κ2) is 6.14. The maximum atomic E-state index is 13.2. The molecular formula is C23H20N2O5. The number of nitrogens with zero attached hydrogens (tertiary/aromatic N) is 2. The zero-order chi connectivity index (χ0) is 20.6. The molecule has 12 aliphatic rings. The summed E-state index contributed by atoms with van der Waals surface area (Å²) in [5, 5.41) is 10.4. The van der Waals surface area contributed by atoms with E-state index in [-0.39, 0.29) is 45.8 Å². The molecule has 30 heavy (non-hydrogen) atoms. The lowest BCUT2D eigenvalue weighted by atomic mass is 9.71. The fraction of sp³-hybridized carbons (Fsp3) is 0.391. The third-order valence-corrected chi connectivity index (χ3v) is 7.10. The summed E-state index contributed by atoms with van der Waals surface area (Å²) in [5.41, 5.74) is 1.86. The molecule has 15 rings (SSSR count). The first kappa shape index (κ1) is 17.6. The molecule has 1 N–H and O–H groups in total. The first-order valence-corrected chi connectivity index (χ1v) is 10.4. The van der Waals surface area contributed by atoms with E-state index >= 15 is 0 Å². The monoisotopic (exact) mass is 404 g/mol. The maximum absolute atomic E-state index is 13.2. The highest BCUT2D eigenvalue weighted by molar-refractivity contribution is 5.96. The number of benzene rings is 1. The highest BCUT2D eigenvalue weighted by atomic mass is 16.4. The van der Waals surface area contributed by atoms with Crippen LogP contribution in [0.5, 0.6) is 0 Å². The zero-order valence-corrected chi connectivity index (χ0v) is 16.3. The van der Waals surface area contributed by atoms with Crippen LogP contribution in [0.1, 0.15) is 59.1 Å². The van der Waals surface area contributed by atoms with Crippen molar-refractivity contribution in [2.45, 2.75) is 37.5 Å². The molecule has 1 saturated carbocycles. The minimum Gasteiger partial charge on any atom is -0.478 e. The van der Waals surface area contributed by atoms with Gasteiger partial charge in [-0.3, -0.25) is 9.59 Å². The normalized spacial score (nSPS) is 25.3. The molecule has 2 fully saturated rings. The molecule has 0 radical (unpaired) electrons. The van der Waals surface area contributed by atoms with Crippen LogP contribution in [0.2, 0.25) is 0 Å². The Labute approximate surface area is 171 Å². The molecule has 7 nitrogen and oxygen atoms in total. The Morgan fingerprint density at radius 1 is 1.03 bits per heavy atom. The quantitative estimate of drug-likeness (QED) is 0.625. The van der Waals surface area contributed by atoms with Gasteiger partial charge >= 0.3 is 5.97 Å². The summed E-state index contributed by atoms with van der Waals surface area (Å²) in [6.45, 7) is 1.42. The first-order chi connectivity index (χ1) is 14.5.